The number of hydrogen-bond acceptors (Lipinski definition) is 1. The van der Waals surface area contributed by atoms with Gasteiger partial charge in [0.05, 0.1) is 0 Å². The smallest absolute Gasteiger partial charge is 0.129 e. The summed E-state index contributed by atoms with van der Waals surface area (Å²) < 4.78 is 13.4. The monoisotopic (exact) mass is 181 g/mol. The van der Waals surface area contributed by atoms with Crippen LogP contribution >= 0.6 is 0 Å². The Kier molecular flexibility index (Phi) is 3.04. The first-order valence-corrected chi connectivity index (χ1v) is 4.53. The van der Waals surface area contributed by atoms with E-state index in [0.717, 1.165) is 11.1 Å². The van der Waals surface area contributed by atoms with Crippen LogP contribution < -0.4 is 5.73 Å². The van der Waals surface area contributed by atoms with Gasteiger partial charge in [0.1, 0.15) is 5.82 Å². The Morgan fingerprint density at radius 2 is 2.00 bits per heavy atom. The zero-order valence-corrected chi connectivity index (χ0v) is 8.39. The van der Waals surface area contributed by atoms with Crippen LogP contribution in [0, 0.1) is 19.7 Å². The highest BCUT2D eigenvalue weighted by Gasteiger charge is 2.11. The highest BCUT2D eigenvalue weighted by atomic mass is 19.1. The molecule has 1 aromatic carbocycles. The van der Waals surface area contributed by atoms with Crippen LogP contribution in [0.15, 0.2) is 12.1 Å². The Morgan fingerprint density at radius 1 is 1.38 bits per heavy atom. The molecule has 1 nitrogen and oxygen atoms in total. The third-order valence-corrected chi connectivity index (χ3v) is 2.51. The fourth-order valence-electron chi connectivity index (χ4n) is 1.50. The van der Waals surface area contributed by atoms with Crippen molar-refractivity contribution < 1.29 is 4.39 Å². The van der Waals surface area contributed by atoms with E-state index < -0.39 is 0 Å². The molecule has 13 heavy (non-hydrogen) atoms. The first-order chi connectivity index (χ1) is 6.07. The van der Waals surface area contributed by atoms with Gasteiger partial charge in [0.25, 0.3) is 0 Å². The van der Waals surface area contributed by atoms with Gasteiger partial charge in [0.15, 0.2) is 0 Å². The van der Waals surface area contributed by atoms with Gasteiger partial charge < -0.3 is 5.73 Å². The van der Waals surface area contributed by atoms with E-state index in [1.54, 1.807) is 6.92 Å². The van der Waals surface area contributed by atoms with Crippen molar-refractivity contribution in [1.29, 1.82) is 0 Å². The van der Waals surface area contributed by atoms with Crippen LogP contribution in [0.3, 0.4) is 0 Å². The van der Waals surface area contributed by atoms with Crippen LogP contribution in [0.2, 0.25) is 0 Å². The molecule has 0 aliphatic rings. The largest absolute Gasteiger partial charge is 0.330 e. The molecule has 1 atom stereocenters. The summed E-state index contributed by atoms with van der Waals surface area (Å²) in [6, 6.07) is 3.77. The van der Waals surface area contributed by atoms with E-state index in [0.29, 0.717) is 12.1 Å². The zero-order chi connectivity index (χ0) is 10.0. The molecule has 0 aromatic heterocycles. The van der Waals surface area contributed by atoms with Crippen LogP contribution in [0.25, 0.3) is 0 Å². The molecule has 0 bridgehead atoms. The quantitative estimate of drug-likeness (QED) is 0.745. The normalized spacial score (nSPS) is 13.0. The van der Waals surface area contributed by atoms with Crippen molar-refractivity contribution in [3.8, 4) is 0 Å². The summed E-state index contributed by atoms with van der Waals surface area (Å²) >= 11 is 0. The molecule has 2 N–H and O–H groups in total. The maximum Gasteiger partial charge on any atom is 0.129 e. The average Bonchev–Trinajstić information content (AvgIpc) is 2.13. The lowest BCUT2D eigenvalue weighted by Gasteiger charge is -2.13. The van der Waals surface area contributed by atoms with Crippen molar-refractivity contribution in [3.05, 3.63) is 34.6 Å². The molecule has 1 aromatic rings. The summed E-state index contributed by atoms with van der Waals surface area (Å²) in [6.45, 7) is 6.16. The van der Waals surface area contributed by atoms with Gasteiger partial charge in [0.2, 0.25) is 0 Å². The standard InChI is InChI=1S/C11H16FN/c1-7-4-5-10(8(2)6-13)9(3)11(7)12/h4-5,8H,6,13H2,1-3H3. The van der Waals surface area contributed by atoms with Crippen molar-refractivity contribution in [1.82, 2.24) is 0 Å². The van der Waals surface area contributed by atoms with Crippen molar-refractivity contribution in [2.75, 3.05) is 6.54 Å². The van der Waals surface area contributed by atoms with Crippen LogP contribution in [0.1, 0.15) is 29.5 Å². The predicted molar refractivity (Wildman–Crippen MR) is 53.3 cm³/mol. The molecule has 1 unspecified atom stereocenters. The summed E-state index contributed by atoms with van der Waals surface area (Å²) in [6.07, 6.45) is 0. The molecule has 1 rings (SSSR count). The minimum absolute atomic E-state index is 0.0993. The van der Waals surface area contributed by atoms with Crippen molar-refractivity contribution in [3.63, 3.8) is 0 Å². The highest BCUT2D eigenvalue weighted by molar-refractivity contribution is 5.34. The summed E-state index contributed by atoms with van der Waals surface area (Å²) in [5.74, 6) is 0.132. The molecule has 0 saturated carbocycles. The second-order valence-electron chi connectivity index (χ2n) is 3.55. The topological polar surface area (TPSA) is 26.0 Å². The highest BCUT2D eigenvalue weighted by Crippen LogP contribution is 2.22. The molecule has 0 saturated heterocycles. The molecular formula is C11H16FN. The van der Waals surface area contributed by atoms with Crippen LogP contribution in [-0.2, 0) is 0 Å². The lowest BCUT2D eigenvalue weighted by Crippen LogP contribution is -2.11. The van der Waals surface area contributed by atoms with Gasteiger partial charge in [-0.3, -0.25) is 0 Å². The summed E-state index contributed by atoms with van der Waals surface area (Å²) in [4.78, 5) is 0. The van der Waals surface area contributed by atoms with Gasteiger partial charge >= 0.3 is 0 Å². The fourth-order valence-corrected chi connectivity index (χ4v) is 1.50. The van der Waals surface area contributed by atoms with Crippen molar-refractivity contribution in [2.24, 2.45) is 5.73 Å². The van der Waals surface area contributed by atoms with Crippen LogP contribution in [0.5, 0.6) is 0 Å². The first-order valence-electron chi connectivity index (χ1n) is 4.53. The number of nitrogens with two attached hydrogens (primary N) is 1. The lowest BCUT2D eigenvalue weighted by molar-refractivity contribution is 0.601. The Hall–Kier alpha value is -0.890. The minimum atomic E-state index is -0.0993. The van der Waals surface area contributed by atoms with E-state index in [1.807, 2.05) is 26.0 Å². The summed E-state index contributed by atoms with van der Waals surface area (Å²) in [5, 5.41) is 0. The molecular weight excluding hydrogens is 165 g/mol. The Morgan fingerprint density at radius 3 is 2.54 bits per heavy atom. The van der Waals surface area contributed by atoms with Crippen molar-refractivity contribution in [2.45, 2.75) is 26.7 Å². The molecule has 0 aliphatic heterocycles. The molecule has 0 amide bonds. The zero-order valence-electron chi connectivity index (χ0n) is 8.39. The third kappa shape index (κ3) is 1.89. The second kappa shape index (κ2) is 3.88. The van der Waals surface area contributed by atoms with Gasteiger partial charge in [0, 0.05) is 0 Å². The predicted octanol–water partition coefficient (Wildman–Crippen LogP) is 2.50. The Bertz CT molecular complexity index is 307. The minimum Gasteiger partial charge on any atom is -0.330 e. The van der Waals surface area contributed by atoms with E-state index in [9.17, 15) is 4.39 Å². The van der Waals surface area contributed by atoms with E-state index in [1.165, 1.54) is 0 Å². The van der Waals surface area contributed by atoms with Gasteiger partial charge in [-0.2, -0.15) is 0 Å². The summed E-state index contributed by atoms with van der Waals surface area (Å²) in [7, 11) is 0. The van der Waals surface area contributed by atoms with Gasteiger partial charge in [-0.25, -0.2) is 4.39 Å². The van der Waals surface area contributed by atoms with E-state index in [4.69, 9.17) is 5.73 Å². The number of hydrogen-bond donors (Lipinski definition) is 1. The molecule has 0 heterocycles. The van der Waals surface area contributed by atoms with Crippen molar-refractivity contribution >= 4 is 0 Å². The van der Waals surface area contributed by atoms with E-state index in [-0.39, 0.29) is 11.7 Å². The number of halogens is 1. The number of aryl methyl sites for hydroxylation is 1. The Balaban J connectivity index is 3.18. The molecule has 0 spiro atoms. The Labute approximate surface area is 78.8 Å². The first kappa shape index (κ1) is 10.2. The van der Waals surface area contributed by atoms with Gasteiger partial charge in [-0.15, -0.1) is 0 Å². The SMILES string of the molecule is Cc1ccc(C(C)CN)c(C)c1F. The molecule has 2 heteroatoms. The summed E-state index contributed by atoms with van der Waals surface area (Å²) in [5.41, 5.74) is 7.99. The van der Waals surface area contributed by atoms with Crippen LogP contribution in [-0.4, -0.2) is 6.54 Å². The third-order valence-electron chi connectivity index (χ3n) is 2.51. The lowest BCUT2D eigenvalue weighted by atomic mass is 9.94. The van der Waals surface area contributed by atoms with Gasteiger partial charge in [-0.1, -0.05) is 19.1 Å². The molecule has 0 aliphatic carbocycles. The van der Waals surface area contributed by atoms with Crippen LogP contribution in [0.4, 0.5) is 4.39 Å². The second-order valence-corrected chi connectivity index (χ2v) is 3.55. The molecule has 0 radical (unpaired) electrons. The number of benzene rings is 1. The maximum absolute atomic E-state index is 13.4. The molecule has 72 valence electrons. The van der Waals surface area contributed by atoms with E-state index in [2.05, 4.69) is 0 Å². The fraction of sp³-hybridized carbons (Fsp3) is 0.455. The van der Waals surface area contributed by atoms with Gasteiger partial charge in [-0.05, 0) is 43.0 Å². The maximum atomic E-state index is 13.4. The number of rotatable bonds is 2. The molecule has 0 fully saturated rings. The van der Waals surface area contributed by atoms with E-state index >= 15 is 0 Å². The average molecular weight is 181 g/mol.